The Bertz CT molecular complexity index is 229. The lowest BCUT2D eigenvalue weighted by Crippen LogP contribution is -2.37. The van der Waals surface area contributed by atoms with Crippen molar-refractivity contribution in [3.8, 4) is 0 Å². The van der Waals surface area contributed by atoms with E-state index in [0.717, 1.165) is 23.8 Å². The zero-order valence-electron chi connectivity index (χ0n) is 12.6. The molecule has 0 bridgehead atoms. The molecule has 2 fully saturated rings. The molecule has 2 rings (SSSR count). The van der Waals surface area contributed by atoms with Crippen LogP contribution in [0, 0.1) is 17.8 Å². The number of piperidine rings is 1. The van der Waals surface area contributed by atoms with Crippen molar-refractivity contribution in [2.45, 2.75) is 58.9 Å². The third-order valence-corrected chi connectivity index (χ3v) is 4.93. The van der Waals surface area contributed by atoms with Gasteiger partial charge < -0.3 is 10.2 Å². The molecule has 2 unspecified atom stereocenters. The molecule has 0 aromatic carbocycles. The van der Waals surface area contributed by atoms with Crippen molar-refractivity contribution in [3.05, 3.63) is 0 Å². The first-order valence-corrected chi connectivity index (χ1v) is 8.11. The Morgan fingerprint density at radius 1 is 1.17 bits per heavy atom. The Kier molecular flexibility index (Phi) is 5.50. The maximum atomic E-state index is 3.55. The maximum Gasteiger partial charge on any atom is 0.00387 e. The first-order valence-electron chi connectivity index (χ1n) is 8.11. The van der Waals surface area contributed by atoms with Gasteiger partial charge in [0.05, 0.1) is 0 Å². The van der Waals surface area contributed by atoms with Crippen LogP contribution < -0.4 is 5.32 Å². The molecule has 1 saturated heterocycles. The van der Waals surface area contributed by atoms with Crippen LogP contribution in [-0.2, 0) is 0 Å². The van der Waals surface area contributed by atoms with Crippen molar-refractivity contribution in [2.75, 3.05) is 26.2 Å². The summed E-state index contributed by atoms with van der Waals surface area (Å²) in [7, 11) is 0. The molecule has 1 aliphatic carbocycles. The Labute approximate surface area is 114 Å². The molecule has 0 aromatic heterocycles. The Morgan fingerprint density at radius 2 is 1.94 bits per heavy atom. The molecule has 2 nitrogen and oxygen atoms in total. The van der Waals surface area contributed by atoms with Gasteiger partial charge >= 0.3 is 0 Å². The fourth-order valence-corrected chi connectivity index (χ4v) is 3.16. The van der Waals surface area contributed by atoms with Crippen molar-refractivity contribution in [1.29, 1.82) is 0 Å². The molecule has 0 radical (unpaired) electrons. The molecule has 18 heavy (non-hydrogen) atoms. The topological polar surface area (TPSA) is 15.3 Å². The van der Waals surface area contributed by atoms with Gasteiger partial charge in [0.1, 0.15) is 0 Å². The predicted molar refractivity (Wildman–Crippen MR) is 78.8 cm³/mol. The zero-order valence-corrected chi connectivity index (χ0v) is 12.6. The summed E-state index contributed by atoms with van der Waals surface area (Å²) in [5, 5.41) is 3.55. The van der Waals surface area contributed by atoms with Crippen LogP contribution >= 0.6 is 0 Å². The minimum absolute atomic E-state index is 0.724. The van der Waals surface area contributed by atoms with Crippen molar-refractivity contribution in [3.63, 3.8) is 0 Å². The molecular weight excluding hydrogens is 220 g/mol. The molecule has 2 heteroatoms. The van der Waals surface area contributed by atoms with E-state index < -0.39 is 0 Å². The highest BCUT2D eigenvalue weighted by Gasteiger charge is 2.26. The number of nitrogens with zero attached hydrogens (tertiary/aromatic N) is 1. The van der Waals surface area contributed by atoms with E-state index in [1.807, 2.05) is 0 Å². The first kappa shape index (κ1) is 14.3. The van der Waals surface area contributed by atoms with E-state index in [2.05, 4.69) is 31.0 Å². The summed E-state index contributed by atoms with van der Waals surface area (Å²) in [6, 6.07) is 0.724. The summed E-state index contributed by atoms with van der Waals surface area (Å²) >= 11 is 0. The highest BCUT2D eigenvalue weighted by atomic mass is 15.1. The molecule has 1 aliphatic heterocycles. The van der Waals surface area contributed by atoms with Gasteiger partial charge in [-0.15, -0.1) is 0 Å². The van der Waals surface area contributed by atoms with Gasteiger partial charge in [0.15, 0.2) is 0 Å². The fraction of sp³-hybridized carbons (Fsp3) is 1.00. The number of hydrogen-bond acceptors (Lipinski definition) is 2. The van der Waals surface area contributed by atoms with Gasteiger partial charge in [-0.05, 0) is 83.3 Å². The number of nitrogens with one attached hydrogen (secondary N) is 1. The third kappa shape index (κ3) is 4.55. The van der Waals surface area contributed by atoms with Crippen molar-refractivity contribution in [2.24, 2.45) is 17.8 Å². The molecule has 1 heterocycles. The van der Waals surface area contributed by atoms with Gasteiger partial charge in [0.25, 0.3) is 0 Å². The largest absolute Gasteiger partial charge is 0.316 e. The van der Waals surface area contributed by atoms with Crippen LogP contribution in [0.1, 0.15) is 52.9 Å². The second-order valence-corrected chi connectivity index (χ2v) is 6.90. The monoisotopic (exact) mass is 252 g/mol. The van der Waals surface area contributed by atoms with E-state index in [1.54, 1.807) is 0 Å². The SMILES string of the molecule is CC(CCN(CC1CC1)C(C)C)C1CCCNC1. The van der Waals surface area contributed by atoms with Crippen LogP contribution in [0.15, 0.2) is 0 Å². The lowest BCUT2D eigenvalue weighted by atomic mass is 9.85. The van der Waals surface area contributed by atoms with Crippen molar-refractivity contribution < 1.29 is 0 Å². The van der Waals surface area contributed by atoms with Gasteiger partial charge in [-0.3, -0.25) is 0 Å². The molecule has 0 amide bonds. The van der Waals surface area contributed by atoms with Gasteiger partial charge in [-0.1, -0.05) is 6.92 Å². The van der Waals surface area contributed by atoms with E-state index >= 15 is 0 Å². The van der Waals surface area contributed by atoms with Crippen molar-refractivity contribution in [1.82, 2.24) is 10.2 Å². The quantitative estimate of drug-likeness (QED) is 0.749. The lowest BCUT2D eigenvalue weighted by molar-refractivity contribution is 0.177. The van der Waals surface area contributed by atoms with E-state index in [1.165, 1.54) is 58.3 Å². The summed E-state index contributed by atoms with van der Waals surface area (Å²) in [5.74, 6) is 2.84. The van der Waals surface area contributed by atoms with Gasteiger partial charge in [0.2, 0.25) is 0 Å². The molecule has 106 valence electrons. The molecule has 1 saturated carbocycles. The van der Waals surface area contributed by atoms with Crippen LogP contribution in [0.25, 0.3) is 0 Å². The summed E-state index contributed by atoms with van der Waals surface area (Å²) in [6.07, 6.45) is 7.16. The third-order valence-electron chi connectivity index (χ3n) is 4.93. The number of rotatable bonds is 7. The summed E-state index contributed by atoms with van der Waals surface area (Å²) in [6.45, 7) is 12.3. The molecule has 0 aromatic rings. The van der Waals surface area contributed by atoms with Crippen LogP contribution in [-0.4, -0.2) is 37.1 Å². The van der Waals surface area contributed by atoms with Gasteiger partial charge in [-0.2, -0.15) is 0 Å². The van der Waals surface area contributed by atoms with Crippen LogP contribution in [0.4, 0.5) is 0 Å². The molecular formula is C16H32N2. The smallest absolute Gasteiger partial charge is 0.00387 e. The van der Waals surface area contributed by atoms with Crippen molar-refractivity contribution >= 4 is 0 Å². The predicted octanol–water partition coefficient (Wildman–Crippen LogP) is 3.13. The molecule has 2 atom stereocenters. The normalized spacial score (nSPS) is 26.8. The standard InChI is InChI=1S/C16H32N2/c1-13(2)18(12-15-6-7-15)10-8-14(3)16-5-4-9-17-11-16/h13-17H,4-12H2,1-3H3. The lowest BCUT2D eigenvalue weighted by Gasteiger charge is -2.32. The van der Waals surface area contributed by atoms with E-state index in [4.69, 9.17) is 0 Å². The number of hydrogen-bond donors (Lipinski definition) is 1. The van der Waals surface area contributed by atoms with E-state index in [0.29, 0.717) is 0 Å². The first-order chi connectivity index (χ1) is 8.66. The highest BCUT2D eigenvalue weighted by Crippen LogP contribution is 2.31. The zero-order chi connectivity index (χ0) is 13.0. The Balaban J connectivity index is 1.69. The molecule has 0 spiro atoms. The maximum absolute atomic E-state index is 3.55. The molecule has 2 aliphatic rings. The summed E-state index contributed by atoms with van der Waals surface area (Å²) in [4.78, 5) is 2.71. The Morgan fingerprint density at radius 3 is 2.50 bits per heavy atom. The Hall–Kier alpha value is -0.0800. The van der Waals surface area contributed by atoms with E-state index in [-0.39, 0.29) is 0 Å². The second kappa shape index (κ2) is 6.91. The minimum atomic E-state index is 0.724. The van der Waals surface area contributed by atoms with Crippen LogP contribution in [0.5, 0.6) is 0 Å². The van der Waals surface area contributed by atoms with Crippen LogP contribution in [0.3, 0.4) is 0 Å². The molecule has 1 N–H and O–H groups in total. The summed E-state index contributed by atoms with van der Waals surface area (Å²) in [5.41, 5.74) is 0. The fourth-order valence-electron chi connectivity index (χ4n) is 3.16. The van der Waals surface area contributed by atoms with E-state index in [9.17, 15) is 0 Å². The van der Waals surface area contributed by atoms with Gasteiger partial charge in [0, 0.05) is 12.6 Å². The average molecular weight is 252 g/mol. The minimum Gasteiger partial charge on any atom is -0.316 e. The van der Waals surface area contributed by atoms with Gasteiger partial charge in [-0.25, -0.2) is 0 Å². The second-order valence-electron chi connectivity index (χ2n) is 6.90. The average Bonchev–Trinajstić information content (AvgIpc) is 3.18. The highest BCUT2D eigenvalue weighted by molar-refractivity contribution is 4.80. The summed E-state index contributed by atoms with van der Waals surface area (Å²) < 4.78 is 0. The van der Waals surface area contributed by atoms with Crippen LogP contribution in [0.2, 0.25) is 0 Å².